The lowest BCUT2D eigenvalue weighted by Gasteiger charge is -2.26. The van der Waals surface area contributed by atoms with Crippen LogP contribution in [0.2, 0.25) is 0 Å². The van der Waals surface area contributed by atoms with Gasteiger partial charge in [0.2, 0.25) is 0 Å². The monoisotopic (exact) mass is 433 g/mol. The normalized spacial score (nSPS) is 17.6. The number of nitrogens with one attached hydrogen (secondary N) is 1. The van der Waals surface area contributed by atoms with Gasteiger partial charge in [0, 0.05) is 13.1 Å². The van der Waals surface area contributed by atoms with E-state index in [2.05, 4.69) is 12.3 Å². The molecule has 0 aromatic heterocycles. The molecule has 0 atom stereocenters. The van der Waals surface area contributed by atoms with Gasteiger partial charge in [0.05, 0.1) is 5.69 Å². The molecule has 7 heteroatoms. The molecule has 7 nitrogen and oxygen atoms in total. The molecule has 0 saturated carbocycles. The van der Waals surface area contributed by atoms with E-state index in [1.54, 1.807) is 30.3 Å². The Bertz CT molecular complexity index is 1020. The number of hydrogen-bond donors (Lipinski definition) is 1. The Balaban J connectivity index is 1.39. The second-order valence-electron chi connectivity index (χ2n) is 7.96. The fourth-order valence-electron chi connectivity index (χ4n) is 3.83. The number of carbonyl (C=O) groups is 3. The fraction of sp³-hybridized carbons (Fsp3) is 0.320. The van der Waals surface area contributed by atoms with Crippen molar-refractivity contribution < 1.29 is 19.1 Å². The molecule has 0 unspecified atom stereocenters. The first kappa shape index (κ1) is 21.6. The van der Waals surface area contributed by atoms with Crippen LogP contribution < -0.4 is 15.2 Å². The maximum Gasteiger partial charge on any atom is 0.282 e. The average molecular weight is 434 g/mol. The Morgan fingerprint density at radius 1 is 1.00 bits per heavy atom. The predicted octanol–water partition coefficient (Wildman–Crippen LogP) is 3.10. The predicted molar refractivity (Wildman–Crippen MR) is 122 cm³/mol. The summed E-state index contributed by atoms with van der Waals surface area (Å²) >= 11 is 0. The maximum atomic E-state index is 12.8. The van der Waals surface area contributed by atoms with Crippen molar-refractivity contribution in [2.75, 3.05) is 24.7 Å². The molecule has 0 bridgehead atoms. The molecule has 3 amide bonds. The maximum absolute atomic E-state index is 12.8. The van der Waals surface area contributed by atoms with Crippen molar-refractivity contribution in [1.29, 1.82) is 0 Å². The molecular formula is C25H27N3O4. The molecule has 2 heterocycles. The molecule has 0 aliphatic carbocycles. The van der Waals surface area contributed by atoms with Crippen molar-refractivity contribution in [2.45, 2.75) is 32.6 Å². The number of anilines is 1. The summed E-state index contributed by atoms with van der Waals surface area (Å²) < 4.78 is 5.62. The van der Waals surface area contributed by atoms with Gasteiger partial charge in [0.25, 0.3) is 17.7 Å². The summed E-state index contributed by atoms with van der Waals surface area (Å²) in [6.07, 6.45) is 5.72. The van der Waals surface area contributed by atoms with Crippen LogP contribution in [-0.4, -0.2) is 42.3 Å². The molecule has 2 aromatic rings. The molecule has 2 aromatic carbocycles. The lowest BCUT2D eigenvalue weighted by Crippen LogP contribution is -2.38. The van der Waals surface area contributed by atoms with E-state index in [4.69, 9.17) is 4.74 Å². The van der Waals surface area contributed by atoms with Gasteiger partial charge in [-0.1, -0.05) is 31.2 Å². The highest BCUT2D eigenvalue weighted by atomic mass is 16.5. The highest BCUT2D eigenvalue weighted by Gasteiger charge is 2.34. The van der Waals surface area contributed by atoms with Gasteiger partial charge in [-0.25, -0.2) is 5.01 Å². The first-order chi connectivity index (χ1) is 15.5. The minimum atomic E-state index is -0.443. The number of aryl methyl sites for hydroxylation is 1. The molecule has 166 valence electrons. The molecule has 0 spiro atoms. The van der Waals surface area contributed by atoms with Crippen LogP contribution in [0.3, 0.4) is 0 Å². The fourth-order valence-corrected chi connectivity index (χ4v) is 3.83. The number of hydrazine groups is 1. The van der Waals surface area contributed by atoms with E-state index in [9.17, 15) is 14.4 Å². The highest BCUT2D eigenvalue weighted by Crippen LogP contribution is 2.23. The van der Waals surface area contributed by atoms with Crippen LogP contribution >= 0.6 is 0 Å². The summed E-state index contributed by atoms with van der Waals surface area (Å²) in [6.45, 7) is 3.66. The second-order valence-corrected chi connectivity index (χ2v) is 7.96. The van der Waals surface area contributed by atoms with Crippen LogP contribution in [-0.2, 0) is 20.8 Å². The number of carbonyl (C=O) groups excluding carboxylic acids is 3. The topological polar surface area (TPSA) is 79.0 Å². The lowest BCUT2D eigenvalue weighted by molar-refractivity contribution is -0.134. The Kier molecular flexibility index (Phi) is 6.54. The zero-order chi connectivity index (χ0) is 22.5. The number of piperidine rings is 1. The van der Waals surface area contributed by atoms with Crippen molar-refractivity contribution >= 4 is 29.5 Å². The minimum Gasteiger partial charge on any atom is -0.484 e. The summed E-state index contributed by atoms with van der Waals surface area (Å²) in [5.74, 6) is -0.276. The molecule has 2 aliphatic heterocycles. The van der Waals surface area contributed by atoms with E-state index in [0.29, 0.717) is 17.0 Å². The van der Waals surface area contributed by atoms with Crippen molar-refractivity contribution in [1.82, 2.24) is 10.3 Å². The van der Waals surface area contributed by atoms with Gasteiger partial charge in [-0.2, -0.15) is 0 Å². The van der Waals surface area contributed by atoms with Crippen LogP contribution in [0, 0.1) is 0 Å². The van der Waals surface area contributed by atoms with Gasteiger partial charge in [-0.05, 0) is 67.2 Å². The van der Waals surface area contributed by atoms with Crippen LogP contribution in [0.15, 0.2) is 54.1 Å². The summed E-state index contributed by atoms with van der Waals surface area (Å²) in [6, 6.07) is 14.5. The molecule has 0 radical (unpaired) electrons. The van der Waals surface area contributed by atoms with Gasteiger partial charge in [0.15, 0.2) is 6.61 Å². The van der Waals surface area contributed by atoms with Crippen LogP contribution in [0.1, 0.15) is 37.3 Å². The second kappa shape index (κ2) is 9.68. The molecule has 2 saturated heterocycles. The first-order valence-electron chi connectivity index (χ1n) is 11.0. The smallest absolute Gasteiger partial charge is 0.282 e. The third kappa shape index (κ3) is 4.82. The van der Waals surface area contributed by atoms with Gasteiger partial charge >= 0.3 is 0 Å². The standard InChI is InChI=1S/C25H27N3O4/c1-2-18-6-10-20(11-7-18)28-25(31)22(24(30)26-28)16-19-8-12-21(13-9-19)32-17-23(29)27-14-4-3-5-15-27/h6-13,16H,2-5,14-15,17H2,1H3,(H,26,30)/b22-16-. The van der Waals surface area contributed by atoms with Crippen LogP contribution in [0.5, 0.6) is 5.75 Å². The van der Waals surface area contributed by atoms with E-state index in [0.717, 1.165) is 37.9 Å². The third-order valence-electron chi connectivity index (χ3n) is 5.76. The van der Waals surface area contributed by atoms with Crippen LogP contribution in [0.4, 0.5) is 5.69 Å². The number of hydrogen-bond acceptors (Lipinski definition) is 4. The molecule has 2 aliphatic rings. The van der Waals surface area contributed by atoms with Gasteiger partial charge < -0.3 is 9.64 Å². The number of amides is 3. The Hall–Kier alpha value is -3.61. The minimum absolute atomic E-state index is 0.00354. The van der Waals surface area contributed by atoms with Gasteiger partial charge in [-0.15, -0.1) is 0 Å². The largest absolute Gasteiger partial charge is 0.484 e. The number of rotatable bonds is 6. The summed E-state index contributed by atoms with van der Waals surface area (Å²) in [5.41, 5.74) is 5.15. The van der Waals surface area contributed by atoms with Crippen LogP contribution in [0.25, 0.3) is 6.08 Å². The first-order valence-corrected chi connectivity index (χ1v) is 11.0. The molecule has 4 rings (SSSR count). The van der Waals surface area contributed by atoms with Crippen molar-refractivity contribution in [2.24, 2.45) is 0 Å². The Morgan fingerprint density at radius 3 is 2.34 bits per heavy atom. The van der Waals surface area contributed by atoms with E-state index in [-0.39, 0.29) is 18.1 Å². The Morgan fingerprint density at radius 2 is 1.69 bits per heavy atom. The van der Waals surface area contributed by atoms with E-state index in [1.165, 1.54) is 11.4 Å². The average Bonchev–Trinajstić information content (AvgIpc) is 3.12. The van der Waals surface area contributed by atoms with E-state index < -0.39 is 11.8 Å². The van der Waals surface area contributed by atoms with Gasteiger partial charge in [-0.3, -0.25) is 19.8 Å². The SMILES string of the molecule is CCc1ccc(N2NC(=O)/C(=C/c3ccc(OCC(=O)N4CCCCC4)cc3)C2=O)cc1. The quantitative estimate of drug-likeness (QED) is 0.561. The Labute approximate surface area is 187 Å². The summed E-state index contributed by atoms with van der Waals surface area (Å²) in [5, 5.41) is 1.26. The molecule has 32 heavy (non-hydrogen) atoms. The zero-order valence-corrected chi connectivity index (χ0v) is 18.2. The van der Waals surface area contributed by atoms with Crippen molar-refractivity contribution in [3.05, 3.63) is 65.2 Å². The van der Waals surface area contributed by atoms with E-state index in [1.807, 2.05) is 29.2 Å². The van der Waals surface area contributed by atoms with Gasteiger partial charge in [0.1, 0.15) is 11.3 Å². The summed E-state index contributed by atoms with van der Waals surface area (Å²) in [4.78, 5) is 39.2. The third-order valence-corrected chi connectivity index (χ3v) is 5.76. The van der Waals surface area contributed by atoms with Crippen molar-refractivity contribution in [3.63, 3.8) is 0 Å². The highest BCUT2D eigenvalue weighted by molar-refractivity contribution is 6.31. The van der Waals surface area contributed by atoms with Crippen molar-refractivity contribution in [3.8, 4) is 5.75 Å². The number of benzene rings is 2. The molecular weight excluding hydrogens is 406 g/mol. The zero-order valence-electron chi connectivity index (χ0n) is 18.2. The van der Waals surface area contributed by atoms with E-state index >= 15 is 0 Å². The molecule has 2 fully saturated rings. The number of likely N-dealkylation sites (tertiary alicyclic amines) is 1. The summed E-state index contributed by atoms with van der Waals surface area (Å²) in [7, 11) is 0. The number of ether oxygens (including phenoxy) is 1. The number of nitrogens with zero attached hydrogens (tertiary/aromatic N) is 2. The molecule has 1 N–H and O–H groups in total. The lowest BCUT2D eigenvalue weighted by atomic mass is 10.1.